The number of nitrogens with two attached hydrogens (primary N) is 1. The second-order valence-corrected chi connectivity index (χ2v) is 6.13. The lowest BCUT2D eigenvalue weighted by Crippen LogP contribution is -2.40. The van der Waals surface area contributed by atoms with E-state index >= 15 is 0 Å². The highest BCUT2D eigenvalue weighted by molar-refractivity contribution is 5.92. The van der Waals surface area contributed by atoms with Crippen LogP contribution >= 0.6 is 0 Å². The van der Waals surface area contributed by atoms with Crippen molar-refractivity contribution in [1.29, 1.82) is 0 Å². The molecular formula is C14H25N3O3. The fraction of sp³-hybridized carbons (Fsp3) is 0.786. The van der Waals surface area contributed by atoms with E-state index in [1.807, 2.05) is 11.9 Å². The Morgan fingerprint density at radius 2 is 2.10 bits per heavy atom. The van der Waals surface area contributed by atoms with Crippen LogP contribution < -0.4 is 5.73 Å². The summed E-state index contributed by atoms with van der Waals surface area (Å²) in [5.41, 5.74) is 5.98. The van der Waals surface area contributed by atoms with Gasteiger partial charge in [0.15, 0.2) is 0 Å². The third-order valence-corrected chi connectivity index (χ3v) is 3.46. The molecule has 0 radical (unpaired) electrons. The van der Waals surface area contributed by atoms with Crippen molar-refractivity contribution in [1.82, 2.24) is 5.01 Å². The molecule has 0 bridgehead atoms. The minimum Gasteiger partial charge on any atom is -0.466 e. The number of hydrogen-bond acceptors (Lipinski definition) is 5. The fourth-order valence-electron chi connectivity index (χ4n) is 2.32. The molecular weight excluding hydrogens is 258 g/mol. The van der Waals surface area contributed by atoms with E-state index in [9.17, 15) is 9.59 Å². The van der Waals surface area contributed by atoms with E-state index < -0.39 is 11.8 Å². The van der Waals surface area contributed by atoms with Crippen LogP contribution in [0.3, 0.4) is 0 Å². The summed E-state index contributed by atoms with van der Waals surface area (Å²) < 4.78 is 5.07. The third kappa shape index (κ3) is 3.95. The lowest BCUT2D eigenvalue weighted by Gasteiger charge is -2.31. The minimum atomic E-state index is -0.552. The van der Waals surface area contributed by atoms with Gasteiger partial charge in [-0.05, 0) is 34.6 Å². The highest BCUT2D eigenvalue weighted by Crippen LogP contribution is 2.29. The molecule has 0 aliphatic carbocycles. The minimum absolute atomic E-state index is 0.00561. The zero-order valence-corrected chi connectivity index (χ0v) is 13.0. The van der Waals surface area contributed by atoms with Crippen LogP contribution in [0.5, 0.6) is 0 Å². The highest BCUT2D eigenvalue weighted by Gasteiger charge is 2.39. The number of rotatable bonds is 5. The monoisotopic (exact) mass is 283 g/mol. The summed E-state index contributed by atoms with van der Waals surface area (Å²) in [4.78, 5) is 23.3. The Kier molecular flexibility index (Phi) is 5.14. The summed E-state index contributed by atoms with van der Waals surface area (Å²) in [6.07, 6.45) is -0.00561. The maximum atomic E-state index is 12.1. The van der Waals surface area contributed by atoms with Gasteiger partial charge in [0.25, 0.3) is 0 Å². The summed E-state index contributed by atoms with van der Waals surface area (Å²) in [5.74, 6) is -1.55. The summed E-state index contributed by atoms with van der Waals surface area (Å²) in [7, 11) is 0. The molecule has 1 aliphatic heterocycles. The van der Waals surface area contributed by atoms with Gasteiger partial charge in [-0.2, -0.15) is 5.10 Å². The van der Waals surface area contributed by atoms with Gasteiger partial charge in [-0.1, -0.05) is 0 Å². The molecule has 2 unspecified atom stereocenters. The van der Waals surface area contributed by atoms with Crippen LogP contribution in [0.25, 0.3) is 0 Å². The Labute approximate surface area is 120 Å². The molecule has 0 aromatic rings. The van der Waals surface area contributed by atoms with E-state index in [1.165, 1.54) is 0 Å². The largest absolute Gasteiger partial charge is 0.466 e. The first-order valence-corrected chi connectivity index (χ1v) is 6.94. The summed E-state index contributed by atoms with van der Waals surface area (Å²) >= 11 is 0. The third-order valence-electron chi connectivity index (χ3n) is 3.46. The Hall–Kier alpha value is -1.59. The van der Waals surface area contributed by atoms with Gasteiger partial charge in [-0.15, -0.1) is 0 Å². The van der Waals surface area contributed by atoms with Crippen LogP contribution in [0.1, 0.15) is 41.0 Å². The number of primary amides is 1. The van der Waals surface area contributed by atoms with Gasteiger partial charge in [-0.3, -0.25) is 14.6 Å². The Morgan fingerprint density at radius 1 is 1.50 bits per heavy atom. The Balaban J connectivity index is 2.91. The standard InChI is InChI=1S/C14H25N3O3/c1-6-20-13(19)10(7-12(15)18)11-8-17(14(3,4)5)16-9(11)2/h10-11H,6-8H2,1-5H3,(H2,15,18). The number of amides is 1. The molecule has 0 saturated carbocycles. The number of carbonyl (C=O) groups excluding carboxylic acids is 2. The molecule has 114 valence electrons. The van der Waals surface area contributed by atoms with Crippen LogP contribution in [0.15, 0.2) is 5.10 Å². The molecule has 0 aromatic heterocycles. The molecule has 2 N–H and O–H groups in total. The average molecular weight is 283 g/mol. The molecule has 0 saturated heterocycles. The number of hydrogen-bond donors (Lipinski definition) is 1. The molecule has 6 heteroatoms. The lowest BCUT2D eigenvalue weighted by molar-refractivity contribution is -0.151. The number of esters is 1. The first-order valence-electron chi connectivity index (χ1n) is 6.94. The van der Waals surface area contributed by atoms with Crippen molar-refractivity contribution in [2.24, 2.45) is 22.7 Å². The zero-order valence-electron chi connectivity index (χ0n) is 13.0. The number of ether oxygens (including phenoxy) is 1. The first-order chi connectivity index (χ1) is 9.16. The van der Waals surface area contributed by atoms with Crippen molar-refractivity contribution in [2.45, 2.75) is 46.6 Å². The molecule has 1 heterocycles. The van der Waals surface area contributed by atoms with Crippen molar-refractivity contribution in [3.8, 4) is 0 Å². The number of hydrazone groups is 1. The van der Waals surface area contributed by atoms with Gasteiger partial charge in [0.05, 0.1) is 12.5 Å². The van der Waals surface area contributed by atoms with Crippen molar-refractivity contribution in [2.75, 3.05) is 13.2 Å². The Morgan fingerprint density at radius 3 is 2.50 bits per heavy atom. The van der Waals surface area contributed by atoms with Crippen LogP contribution in [0.4, 0.5) is 0 Å². The maximum absolute atomic E-state index is 12.1. The normalized spacial score (nSPS) is 20.6. The molecule has 2 atom stereocenters. The van der Waals surface area contributed by atoms with Crippen LogP contribution in [-0.4, -0.2) is 41.3 Å². The van der Waals surface area contributed by atoms with E-state index in [1.54, 1.807) is 6.92 Å². The maximum Gasteiger partial charge on any atom is 0.310 e. The molecule has 0 fully saturated rings. The lowest BCUT2D eigenvalue weighted by atomic mass is 9.86. The smallest absolute Gasteiger partial charge is 0.310 e. The van der Waals surface area contributed by atoms with E-state index in [0.29, 0.717) is 13.2 Å². The molecule has 0 aromatic carbocycles. The predicted octanol–water partition coefficient (Wildman–Crippen LogP) is 1.15. The van der Waals surface area contributed by atoms with Crippen molar-refractivity contribution in [3.05, 3.63) is 0 Å². The second kappa shape index (κ2) is 6.24. The molecule has 1 rings (SSSR count). The van der Waals surface area contributed by atoms with E-state index in [4.69, 9.17) is 10.5 Å². The quantitative estimate of drug-likeness (QED) is 0.767. The van der Waals surface area contributed by atoms with Gasteiger partial charge in [0, 0.05) is 30.1 Å². The summed E-state index contributed by atoms with van der Waals surface area (Å²) in [6.45, 7) is 10.7. The SMILES string of the molecule is CCOC(=O)C(CC(N)=O)C1CN(C(C)(C)C)N=C1C. The van der Waals surface area contributed by atoms with Gasteiger partial charge in [0.2, 0.25) is 5.91 Å². The van der Waals surface area contributed by atoms with Crippen molar-refractivity contribution < 1.29 is 14.3 Å². The van der Waals surface area contributed by atoms with Crippen LogP contribution in [0, 0.1) is 11.8 Å². The first kappa shape index (κ1) is 16.5. The Bertz CT molecular complexity index is 412. The van der Waals surface area contributed by atoms with Gasteiger partial charge in [0.1, 0.15) is 0 Å². The zero-order chi connectivity index (χ0) is 15.5. The van der Waals surface area contributed by atoms with Crippen LogP contribution in [-0.2, 0) is 14.3 Å². The molecule has 6 nitrogen and oxygen atoms in total. The van der Waals surface area contributed by atoms with E-state index in [0.717, 1.165) is 5.71 Å². The molecule has 1 amide bonds. The van der Waals surface area contributed by atoms with Gasteiger partial charge >= 0.3 is 5.97 Å². The van der Waals surface area contributed by atoms with E-state index in [2.05, 4.69) is 25.9 Å². The highest BCUT2D eigenvalue weighted by atomic mass is 16.5. The average Bonchev–Trinajstić information content (AvgIpc) is 2.68. The number of nitrogens with zero attached hydrogens (tertiary/aromatic N) is 2. The van der Waals surface area contributed by atoms with Crippen LogP contribution in [0.2, 0.25) is 0 Å². The van der Waals surface area contributed by atoms with Gasteiger partial charge in [-0.25, -0.2) is 0 Å². The summed E-state index contributed by atoms with van der Waals surface area (Å²) in [5, 5.41) is 6.45. The van der Waals surface area contributed by atoms with Crippen molar-refractivity contribution >= 4 is 17.6 Å². The second-order valence-electron chi connectivity index (χ2n) is 6.13. The molecule has 1 aliphatic rings. The predicted molar refractivity (Wildman–Crippen MR) is 77.0 cm³/mol. The summed E-state index contributed by atoms with van der Waals surface area (Å²) in [6, 6.07) is 0. The van der Waals surface area contributed by atoms with E-state index in [-0.39, 0.29) is 23.8 Å². The fourth-order valence-corrected chi connectivity index (χ4v) is 2.32. The van der Waals surface area contributed by atoms with Gasteiger partial charge < -0.3 is 10.5 Å². The molecule has 20 heavy (non-hydrogen) atoms. The van der Waals surface area contributed by atoms with Crippen molar-refractivity contribution in [3.63, 3.8) is 0 Å². The number of carbonyl (C=O) groups is 2. The topological polar surface area (TPSA) is 85.0 Å². The molecule has 0 spiro atoms.